The average molecular weight is 1310 g/mol. The second-order valence-electron chi connectivity index (χ2n) is 25.0. The Morgan fingerprint density at radius 1 is 0.720 bits per heavy atom. The summed E-state index contributed by atoms with van der Waals surface area (Å²) in [7, 11) is 0. The number of carbonyl (C=O) groups is 10. The fourth-order valence-electron chi connectivity index (χ4n) is 13.7. The Morgan fingerprint density at radius 2 is 1.42 bits per heavy atom. The Hall–Kier alpha value is -8.49. The van der Waals surface area contributed by atoms with Crippen molar-refractivity contribution in [3.63, 3.8) is 0 Å². The van der Waals surface area contributed by atoms with Gasteiger partial charge in [0.15, 0.2) is 23.7 Å². The van der Waals surface area contributed by atoms with E-state index in [1.165, 1.54) is 26.0 Å². The van der Waals surface area contributed by atoms with Crippen LogP contribution >= 0.6 is 11.3 Å². The molecule has 9 amide bonds. The van der Waals surface area contributed by atoms with Crippen LogP contribution in [-0.2, 0) is 67.3 Å². The molecule has 21 N–H and O–H groups in total. The molecule has 12 atom stereocenters. The molecule has 31 nitrogen and oxygen atoms in total. The molecule has 1 aromatic carbocycles. The normalized spacial score (nSPS) is 25.1. The van der Waals surface area contributed by atoms with Gasteiger partial charge >= 0.3 is 0 Å². The van der Waals surface area contributed by atoms with Crippen LogP contribution in [0.5, 0.6) is 0 Å². The van der Waals surface area contributed by atoms with Gasteiger partial charge in [0, 0.05) is 76.0 Å². The summed E-state index contributed by atoms with van der Waals surface area (Å²) in [4.78, 5) is 151. The maximum atomic E-state index is 15.4. The van der Waals surface area contributed by atoms with Crippen molar-refractivity contribution >= 4 is 88.2 Å². The molecule has 5 aliphatic heterocycles. The first-order chi connectivity index (χ1) is 44.6. The first-order valence-corrected chi connectivity index (χ1v) is 33.2. The van der Waals surface area contributed by atoms with E-state index in [0.717, 1.165) is 36.8 Å². The number of fused-ring (bicyclic) bond motifs is 5. The number of carbonyl (C=O) groups excluding carboxylic acids is 10. The van der Waals surface area contributed by atoms with Crippen LogP contribution in [0.4, 0.5) is 0 Å². The molecule has 1 aliphatic carbocycles. The lowest BCUT2D eigenvalue weighted by molar-refractivity contribution is -0.148. The minimum atomic E-state index is -1.37. The van der Waals surface area contributed by atoms with E-state index in [4.69, 9.17) is 39.2 Å². The van der Waals surface area contributed by atoms with Crippen LogP contribution in [0.1, 0.15) is 112 Å². The highest BCUT2D eigenvalue weighted by atomic mass is 32.1. The lowest BCUT2D eigenvalue weighted by Gasteiger charge is -2.40. The van der Waals surface area contributed by atoms with E-state index in [1.54, 1.807) is 17.5 Å². The Balaban J connectivity index is 0.969. The van der Waals surface area contributed by atoms with Crippen molar-refractivity contribution in [2.45, 2.75) is 182 Å². The van der Waals surface area contributed by atoms with Crippen LogP contribution in [0.25, 0.3) is 0 Å². The van der Waals surface area contributed by atoms with Crippen LogP contribution in [0.15, 0.2) is 41.8 Å². The van der Waals surface area contributed by atoms with E-state index in [0.29, 0.717) is 30.6 Å². The number of aliphatic hydroxyl groups is 1. The molecular formula is C61H92N20O11S. The predicted molar refractivity (Wildman–Crippen MR) is 343 cm³/mol. The summed E-state index contributed by atoms with van der Waals surface area (Å²) in [5.41, 5.74) is 24.2. The van der Waals surface area contributed by atoms with E-state index < -0.39 is 114 Å². The van der Waals surface area contributed by atoms with Crippen LogP contribution < -0.4 is 70.8 Å². The molecule has 0 spiro atoms. The minimum absolute atomic E-state index is 0.0199. The summed E-state index contributed by atoms with van der Waals surface area (Å²) in [6.07, 6.45) is 4.67. The molecule has 508 valence electrons. The number of aliphatic hydroxyl groups excluding tert-OH is 1. The monoisotopic (exact) mass is 1310 g/mol. The van der Waals surface area contributed by atoms with Gasteiger partial charge in [-0.3, -0.25) is 69.1 Å². The van der Waals surface area contributed by atoms with Gasteiger partial charge in [-0.25, -0.2) is 0 Å². The van der Waals surface area contributed by atoms with Crippen molar-refractivity contribution in [1.29, 1.82) is 16.2 Å². The Morgan fingerprint density at radius 3 is 2.13 bits per heavy atom. The van der Waals surface area contributed by atoms with Gasteiger partial charge in [0.25, 0.3) is 0 Å². The summed E-state index contributed by atoms with van der Waals surface area (Å²) >= 11 is 1.31. The van der Waals surface area contributed by atoms with E-state index >= 15 is 9.59 Å². The molecule has 1 saturated carbocycles. The summed E-state index contributed by atoms with van der Waals surface area (Å²) < 4.78 is 0. The maximum absolute atomic E-state index is 15.4. The highest BCUT2D eigenvalue weighted by Gasteiger charge is 2.49. The van der Waals surface area contributed by atoms with Gasteiger partial charge in [-0.2, -0.15) is 0 Å². The van der Waals surface area contributed by atoms with Gasteiger partial charge in [0.2, 0.25) is 53.2 Å². The quantitative estimate of drug-likeness (QED) is 0.0271. The zero-order valence-corrected chi connectivity index (χ0v) is 53.2. The van der Waals surface area contributed by atoms with Crippen molar-refractivity contribution in [2.75, 3.05) is 52.4 Å². The van der Waals surface area contributed by atoms with Gasteiger partial charge < -0.3 is 90.6 Å². The number of guanidine groups is 3. The molecule has 8 rings (SSSR count). The van der Waals surface area contributed by atoms with Gasteiger partial charge in [0.1, 0.15) is 36.3 Å². The minimum Gasteiger partial charge on any atom is -0.391 e. The number of hydrogen-bond acceptors (Lipinski definition) is 17. The van der Waals surface area contributed by atoms with Gasteiger partial charge in [0.05, 0.1) is 37.3 Å². The van der Waals surface area contributed by atoms with Gasteiger partial charge in [-0.05, 0) is 106 Å². The maximum Gasteiger partial charge on any atom is 0.246 e. The topological polar surface area (TPSA) is 488 Å². The summed E-state index contributed by atoms with van der Waals surface area (Å²) in [6.45, 7) is -0.394. The van der Waals surface area contributed by atoms with Crippen molar-refractivity contribution < 1.29 is 53.1 Å². The number of nitrogens with zero attached hydrogens (tertiary/aromatic N) is 4. The fraction of sp³-hybridized carbons (Fsp3) is 0.623. The molecule has 6 heterocycles. The molecule has 2 aromatic rings. The molecule has 6 aliphatic rings. The number of rotatable bonds is 24. The zero-order chi connectivity index (χ0) is 66.9. The summed E-state index contributed by atoms with van der Waals surface area (Å²) in [6, 6.07) is 0.876. The highest BCUT2D eigenvalue weighted by Crippen LogP contribution is 2.40. The first-order valence-electron chi connectivity index (χ1n) is 32.3. The van der Waals surface area contributed by atoms with E-state index in [2.05, 4.69) is 47.9 Å². The summed E-state index contributed by atoms with van der Waals surface area (Å²) in [5, 5.41) is 60.0. The van der Waals surface area contributed by atoms with Gasteiger partial charge in [-0.1, -0.05) is 43.2 Å². The van der Waals surface area contributed by atoms with Crippen molar-refractivity contribution in [2.24, 2.45) is 28.9 Å². The van der Waals surface area contributed by atoms with Crippen molar-refractivity contribution in [3.8, 4) is 0 Å². The number of amides is 9. The molecule has 32 heteroatoms. The molecule has 4 saturated heterocycles. The largest absolute Gasteiger partial charge is 0.391 e. The van der Waals surface area contributed by atoms with E-state index in [1.807, 2.05) is 29.2 Å². The molecule has 0 bridgehead atoms. The third-order valence-electron chi connectivity index (χ3n) is 18.4. The van der Waals surface area contributed by atoms with Crippen molar-refractivity contribution in [1.82, 2.24) is 67.5 Å². The van der Waals surface area contributed by atoms with E-state index in [9.17, 15) is 43.5 Å². The SMILES string of the molecule is N=C(N)NCCC[C@@H](N)C(=O)N[C@@H](CCCNC(=N)N)C(=O)N1CCC[C@H]1C(=O)N1C[C@H](O)C[C@H]1C(=O)NCC(=O)N[C@@H](Cc1cccs1)C(=O)N[C@H]1CCNC(=O)[C@H](CCCNC(=N)N)NC(=O)[C@@H]2C[C@@H]3CCCC[C@@H]3N2CC(=O)[C@@H]2Cc3ccccc3CN2C1=O. The fourth-order valence-corrected chi connectivity index (χ4v) is 14.5. The van der Waals surface area contributed by atoms with Gasteiger partial charge in [-0.15, -0.1) is 11.3 Å². The number of hydrogen-bond donors (Lipinski definition) is 17. The Kier molecular flexibility index (Phi) is 25.3. The van der Waals surface area contributed by atoms with Crippen LogP contribution in [-0.4, -0.2) is 220 Å². The number of thiophene rings is 1. The second kappa shape index (κ2) is 33.4. The average Bonchev–Trinajstić information content (AvgIpc) is 1.77. The van der Waals surface area contributed by atoms with Crippen LogP contribution in [0, 0.1) is 22.1 Å². The molecule has 0 unspecified atom stereocenters. The lowest BCUT2D eigenvalue weighted by atomic mass is 9.84. The van der Waals surface area contributed by atoms with Crippen molar-refractivity contribution in [3.05, 3.63) is 57.8 Å². The number of nitrogens with one attached hydrogen (secondary N) is 12. The number of nitrogens with two attached hydrogens (primary N) is 4. The highest BCUT2D eigenvalue weighted by molar-refractivity contribution is 7.09. The molecular weight excluding hydrogens is 1220 g/mol. The molecule has 93 heavy (non-hydrogen) atoms. The summed E-state index contributed by atoms with van der Waals surface area (Å²) in [5.74, 6) is -6.72. The number of likely N-dealkylation sites (tertiary alicyclic amines) is 2. The van der Waals surface area contributed by atoms with E-state index in [-0.39, 0.29) is 152 Å². The predicted octanol–water partition coefficient (Wildman–Crippen LogP) is -3.91. The smallest absolute Gasteiger partial charge is 0.246 e. The van der Waals surface area contributed by atoms with Crippen LogP contribution in [0.3, 0.4) is 0 Å². The number of β-amino-alcohol motifs (C(OH)–C–C–N with tert-alkyl or cyclic N) is 1. The standard InChI is InChI=1S/C61H92N20O11S/c62-39(14-5-20-70-59(63)64)51(85)76-41(16-7-22-72-61(67)68)56(90)78-24-8-18-45(78)58(92)81-32-37(82)28-48(81)54(88)73-30-50(84)74-43(29-38-13-9-25-93-38)53(87)77-42-19-23-69-52(86)40(15-6-21-71-60(65)66)75-55(89)47-27-35-11-3-4-17-44(35)79(47)33-49(83)46-26-34-10-1-2-12-36(34)31-80(46)57(42)91/h1-2,9-10,12-13,25,35,37,39-48,82H,3-8,11,14-24,26-33,62H2,(H,69,86)(H,73,88)(H,74,84)(H,75,89)(H,76,85)(H,77,87)(H4,63,64,70)(H4,65,66,71)(H4,67,68,72)/t35-,37+,39+,40-,41-,42-,43-,44-,45-,46-,47-,48-/m0/s1. The second-order valence-corrected chi connectivity index (χ2v) is 26.0. The Labute approximate surface area is 544 Å². The molecule has 0 radical (unpaired) electrons. The Bertz CT molecular complexity index is 3070. The number of Topliss-reactive ketones (excluding diaryl/α,β-unsaturated/α-hetero) is 1. The molecule has 1 aromatic heterocycles. The number of benzene rings is 1. The third-order valence-corrected chi connectivity index (χ3v) is 19.3. The van der Waals surface area contributed by atoms with Crippen LogP contribution in [0.2, 0.25) is 0 Å². The lowest BCUT2D eigenvalue weighted by Crippen LogP contribution is -2.60. The number of ketones is 1. The first kappa shape index (κ1) is 70.4. The third kappa shape index (κ3) is 19.1. The zero-order valence-electron chi connectivity index (χ0n) is 52.4. The molecule has 5 fully saturated rings.